The second kappa shape index (κ2) is 9.12. The summed E-state index contributed by atoms with van der Waals surface area (Å²) in [6.07, 6.45) is 0.320. The van der Waals surface area contributed by atoms with Crippen molar-refractivity contribution in [3.63, 3.8) is 0 Å². The number of halogens is 3. The van der Waals surface area contributed by atoms with E-state index in [2.05, 4.69) is 16.0 Å². The highest BCUT2D eigenvalue weighted by atomic mass is 35.5. The largest absolute Gasteiger partial charge is 0.444 e. The maximum atomic E-state index is 14.6. The van der Waals surface area contributed by atoms with Crippen molar-refractivity contribution in [3.05, 3.63) is 63.7 Å². The Hall–Kier alpha value is -3.20. The van der Waals surface area contributed by atoms with Crippen molar-refractivity contribution < 1.29 is 27.9 Å². The lowest BCUT2D eigenvalue weighted by molar-refractivity contribution is -0.124. The number of anilines is 1. The first-order chi connectivity index (χ1) is 15.3. The second-order valence-corrected chi connectivity index (χ2v) is 8.08. The summed E-state index contributed by atoms with van der Waals surface area (Å²) in [7, 11) is 0. The normalized spacial score (nSPS) is 19.7. The van der Waals surface area contributed by atoms with E-state index in [1.807, 2.05) is 0 Å². The molecule has 2 aromatic carbocycles. The Morgan fingerprint density at radius 3 is 2.59 bits per heavy atom. The molecular formula is C22H20ClF2N3O4. The number of amides is 3. The third kappa shape index (κ3) is 4.67. The molecule has 0 saturated carbocycles. The van der Waals surface area contributed by atoms with Crippen LogP contribution in [0.1, 0.15) is 46.8 Å². The summed E-state index contributed by atoms with van der Waals surface area (Å²) in [5.74, 6) is -1.73. The highest BCUT2D eigenvalue weighted by molar-refractivity contribution is 6.31. The minimum Gasteiger partial charge on any atom is -0.444 e. The fourth-order valence-electron chi connectivity index (χ4n) is 3.98. The van der Waals surface area contributed by atoms with Gasteiger partial charge >= 0.3 is 6.09 Å². The average molecular weight is 464 g/mol. The molecule has 0 radical (unpaired) electrons. The van der Waals surface area contributed by atoms with Crippen molar-refractivity contribution in [2.24, 2.45) is 0 Å². The standard InChI is InChI=1S/C22H20ClF2N3O4/c23-15-9-11(1-5-16(15)24)27-21(30)14-3-6-17(25)20-13(14)4-7-18(20)28-22(31)32-12-2-8-19(29)26-10-12/h1,3,5-6,9,12,18H,2,4,7-8,10H2,(H,26,29)(H,27,30)(H,28,31)/t12-,18-/m0/s1. The SMILES string of the molecule is O=C1CC[C@H](OC(=O)N[C@H]2CCc3c(C(=O)Nc4ccc(F)c(Cl)c4)ccc(F)c32)CN1. The summed E-state index contributed by atoms with van der Waals surface area (Å²) >= 11 is 5.75. The lowest BCUT2D eigenvalue weighted by Crippen LogP contribution is -2.42. The molecule has 2 atom stereocenters. The second-order valence-electron chi connectivity index (χ2n) is 7.68. The van der Waals surface area contributed by atoms with E-state index < -0.39 is 35.8 Å². The van der Waals surface area contributed by atoms with E-state index in [4.69, 9.17) is 16.3 Å². The zero-order valence-corrected chi connectivity index (χ0v) is 17.6. The van der Waals surface area contributed by atoms with Crippen LogP contribution in [0.2, 0.25) is 5.02 Å². The monoisotopic (exact) mass is 463 g/mol. The quantitative estimate of drug-likeness (QED) is 0.641. The molecule has 1 heterocycles. The van der Waals surface area contributed by atoms with Gasteiger partial charge in [-0.2, -0.15) is 0 Å². The van der Waals surface area contributed by atoms with Crippen LogP contribution in [0.5, 0.6) is 0 Å². The van der Waals surface area contributed by atoms with Crippen LogP contribution in [0.3, 0.4) is 0 Å². The number of piperidine rings is 1. The fraction of sp³-hybridized carbons (Fsp3) is 0.318. The van der Waals surface area contributed by atoms with Crippen LogP contribution in [-0.2, 0) is 16.0 Å². The number of ether oxygens (including phenoxy) is 1. The van der Waals surface area contributed by atoms with Crippen LogP contribution in [0.25, 0.3) is 0 Å². The molecule has 1 saturated heterocycles. The van der Waals surface area contributed by atoms with Crippen LogP contribution >= 0.6 is 11.6 Å². The molecule has 0 aromatic heterocycles. The van der Waals surface area contributed by atoms with Gasteiger partial charge in [0, 0.05) is 23.2 Å². The Morgan fingerprint density at radius 2 is 1.88 bits per heavy atom. The molecule has 3 amide bonds. The van der Waals surface area contributed by atoms with Gasteiger partial charge in [-0.1, -0.05) is 11.6 Å². The van der Waals surface area contributed by atoms with E-state index in [9.17, 15) is 23.2 Å². The average Bonchev–Trinajstić information content (AvgIpc) is 3.17. The van der Waals surface area contributed by atoms with Gasteiger partial charge in [0.2, 0.25) is 5.91 Å². The molecule has 0 bridgehead atoms. The van der Waals surface area contributed by atoms with Gasteiger partial charge in [0.05, 0.1) is 17.6 Å². The van der Waals surface area contributed by atoms with Crippen LogP contribution < -0.4 is 16.0 Å². The third-order valence-corrected chi connectivity index (χ3v) is 5.83. The number of nitrogens with one attached hydrogen (secondary N) is 3. The molecular weight excluding hydrogens is 444 g/mol. The number of alkyl carbamates (subject to hydrolysis) is 1. The number of carbonyl (C=O) groups is 3. The van der Waals surface area contributed by atoms with E-state index in [1.165, 1.54) is 24.3 Å². The first-order valence-electron chi connectivity index (χ1n) is 10.1. The summed E-state index contributed by atoms with van der Waals surface area (Å²) < 4.78 is 33.3. The number of carbonyl (C=O) groups excluding carboxylic acids is 3. The van der Waals surface area contributed by atoms with Gasteiger partial charge in [0.15, 0.2) is 0 Å². The Morgan fingerprint density at radius 1 is 1.09 bits per heavy atom. The molecule has 7 nitrogen and oxygen atoms in total. The highest BCUT2D eigenvalue weighted by Crippen LogP contribution is 2.36. The molecule has 1 aliphatic heterocycles. The van der Waals surface area contributed by atoms with Crippen LogP contribution in [0.15, 0.2) is 30.3 Å². The zero-order valence-electron chi connectivity index (χ0n) is 16.8. The van der Waals surface area contributed by atoms with Crippen molar-refractivity contribution in [1.29, 1.82) is 0 Å². The third-order valence-electron chi connectivity index (χ3n) is 5.54. The molecule has 0 unspecified atom stereocenters. The number of hydrogen-bond donors (Lipinski definition) is 3. The van der Waals surface area contributed by atoms with Crippen LogP contribution in [0, 0.1) is 11.6 Å². The minimum absolute atomic E-state index is 0.0919. The smallest absolute Gasteiger partial charge is 0.407 e. The summed E-state index contributed by atoms with van der Waals surface area (Å²) in [5, 5.41) is 7.78. The number of rotatable bonds is 4. The summed E-state index contributed by atoms with van der Waals surface area (Å²) in [6.45, 7) is 0.236. The minimum atomic E-state index is -0.709. The molecule has 3 N–H and O–H groups in total. The van der Waals surface area contributed by atoms with Crippen molar-refractivity contribution in [2.75, 3.05) is 11.9 Å². The summed E-state index contributed by atoms with van der Waals surface area (Å²) in [6, 6.07) is 5.69. The molecule has 10 heteroatoms. The molecule has 2 aliphatic rings. The Labute approximate surface area is 187 Å². The lowest BCUT2D eigenvalue weighted by atomic mass is 10.0. The predicted molar refractivity (Wildman–Crippen MR) is 112 cm³/mol. The van der Waals surface area contributed by atoms with E-state index in [1.54, 1.807) is 0 Å². The van der Waals surface area contributed by atoms with Gasteiger partial charge in [0.1, 0.15) is 17.7 Å². The van der Waals surface area contributed by atoms with Crippen LogP contribution in [0.4, 0.5) is 19.3 Å². The summed E-state index contributed by atoms with van der Waals surface area (Å²) in [4.78, 5) is 36.3. The van der Waals surface area contributed by atoms with Crippen molar-refractivity contribution in [2.45, 2.75) is 37.8 Å². The molecule has 4 rings (SSSR count). The van der Waals surface area contributed by atoms with E-state index in [0.29, 0.717) is 30.5 Å². The van der Waals surface area contributed by atoms with Crippen molar-refractivity contribution in [3.8, 4) is 0 Å². The maximum absolute atomic E-state index is 14.6. The van der Waals surface area contributed by atoms with Crippen molar-refractivity contribution in [1.82, 2.24) is 10.6 Å². The van der Waals surface area contributed by atoms with Crippen LogP contribution in [-0.4, -0.2) is 30.6 Å². The first-order valence-corrected chi connectivity index (χ1v) is 10.5. The van der Waals surface area contributed by atoms with Crippen molar-refractivity contribution >= 4 is 35.2 Å². The predicted octanol–water partition coefficient (Wildman–Crippen LogP) is 3.86. The fourth-order valence-corrected chi connectivity index (χ4v) is 4.16. The zero-order chi connectivity index (χ0) is 22.8. The van der Waals surface area contributed by atoms with Gasteiger partial charge in [-0.15, -0.1) is 0 Å². The highest BCUT2D eigenvalue weighted by Gasteiger charge is 2.32. The molecule has 0 spiro atoms. The van der Waals surface area contributed by atoms with Gasteiger partial charge in [-0.25, -0.2) is 13.6 Å². The van der Waals surface area contributed by atoms with E-state index >= 15 is 0 Å². The molecule has 1 fully saturated rings. The van der Waals surface area contributed by atoms with Gasteiger partial charge in [-0.05, 0) is 55.2 Å². The lowest BCUT2D eigenvalue weighted by Gasteiger charge is -2.24. The van der Waals surface area contributed by atoms with Gasteiger partial charge in [-0.3, -0.25) is 9.59 Å². The first kappa shape index (κ1) is 22.0. The molecule has 2 aromatic rings. The van der Waals surface area contributed by atoms with Gasteiger partial charge < -0.3 is 20.7 Å². The number of benzene rings is 2. The van der Waals surface area contributed by atoms with E-state index in [0.717, 1.165) is 6.07 Å². The molecule has 32 heavy (non-hydrogen) atoms. The Kier molecular flexibility index (Phi) is 6.27. The topological polar surface area (TPSA) is 96.5 Å². The molecule has 168 valence electrons. The number of hydrogen-bond acceptors (Lipinski definition) is 4. The Balaban J connectivity index is 1.47. The maximum Gasteiger partial charge on any atom is 0.407 e. The van der Waals surface area contributed by atoms with E-state index in [-0.39, 0.29) is 35.0 Å². The summed E-state index contributed by atoms with van der Waals surface area (Å²) in [5.41, 5.74) is 1.29. The Bertz CT molecular complexity index is 1090. The van der Waals surface area contributed by atoms with Gasteiger partial charge in [0.25, 0.3) is 5.91 Å². The number of fused-ring (bicyclic) bond motifs is 1. The molecule has 1 aliphatic carbocycles.